The minimum Gasteiger partial charge on any atom is -0.329 e. The summed E-state index contributed by atoms with van der Waals surface area (Å²) in [5, 5.41) is 1.75. The molecule has 0 saturated carbocycles. The summed E-state index contributed by atoms with van der Waals surface area (Å²) in [5.74, 6) is 0. The first-order chi connectivity index (χ1) is 7.64. The summed E-state index contributed by atoms with van der Waals surface area (Å²) in [6.45, 7) is 0. The summed E-state index contributed by atoms with van der Waals surface area (Å²) in [6, 6.07) is 0.823. The second-order valence-electron chi connectivity index (χ2n) is 3.06. The summed E-state index contributed by atoms with van der Waals surface area (Å²) in [4.78, 5) is 10.0. The molecule has 0 spiro atoms. The van der Waals surface area contributed by atoms with Gasteiger partial charge in [-0.2, -0.15) is 26.3 Å². The first-order valence-electron chi connectivity index (χ1n) is 4.14. The van der Waals surface area contributed by atoms with Crippen molar-refractivity contribution in [2.75, 3.05) is 5.32 Å². The highest BCUT2D eigenvalue weighted by molar-refractivity contribution is 5.72. The van der Waals surface area contributed by atoms with Crippen LogP contribution in [-0.4, -0.2) is 6.41 Å². The quantitative estimate of drug-likeness (QED) is 0.642. The van der Waals surface area contributed by atoms with Crippen molar-refractivity contribution in [1.29, 1.82) is 0 Å². The molecule has 0 atom stereocenters. The van der Waals surface area contributed by atoms with Crippen LogP contribution in [0.3, 0.4) is 0 Å². The highest BCUT2D eigenvalue weighted by atomic mass is 19.4. The molecule has 18 heavy (non-hydrogen) atoms. The van der Waals surface area contributed by atoms with E-state index in [2.05, 4.69) is 0 Å². The minimum absolute atomic E-state index is 0. The predicted molar refractivity (Wildman–Crippen MR) is 52.9 cm³/mol. The second-order valence-corrected chi connectivity index (χ2v) is 3.06. The maximum atomic E-state index is 12.3. The highest BCUT2D eigenvalue weighted by Gasteiger charge is 2.36. The van der Waals surface area contributed by atoms with Crippen molar-refractivity contribution in [1.82, 2.24) is 0 Å². The van der Waals surface area contributed by atoms with Gasteiger partial charge in [0, 0.05) is 5.69 Å². The van der Waals surface area contributed by atoms with Gasteiger partial charge in [-0.05, 0) is 18.2 Å². The zero-order valence-electron chi connectivity index (χ0n) is 7.99. The van der Waals surface area contributed by atoms with Gasteiger partial charge in [-0.1, -0.05) is 7.43 Å². The smallest absolute Gasteiger partial charge is 0.329 e. The minimum atomic E-state index is -4.92. The lowest BCUT2D eigenvalue weighted by Gasteiger charge is -2.13. The molecule has 0 unspecified atom stereocenters. The Morgan fingerprint density at radius 2 is 1.28 bits per heavy atom. The Hall–Kier alpha value is -1.73. The van der Waals surface area contributed by atoms with E-state index in [0.717, 1.165) is 0 Å². The fourth-order valence-corrected chi connectivity index (χ4v) is 1.11. The number of carbonyl (C=O) groups is 1. The monoisotopic (exact) mass is 273 g/mol. The molecule has 1 aromatic rings. The predicted octanol–water partition coefficient (Wildman–Crippen LogP) is 3.93. The molecular formula is C10H9F6NO. The Bertz CT molecular complexity index is 391. The van der Waals surface area contributed by atoms with Gasteiger partial charge >= 0.3 is 12.4 Å². The Morgan fingerprint density at radius 1 is 0.889 bits per heavy atom. The highest BCUT2D eigenvalue weighted by Crippen LogP contribution is 2.37. The number of nitrogens with one attached hydrogen (secondary N) is 1. The second kappa shape index (κ2) is 5.28. The van der Waals surface area contributed by atoms with Crippen LogP contribution in [0.5, 0.6) is 0 Å². The average Bonchev–Trinajstić information content (AvgIpc) is 2.15. The summed E-state index contributed by atoms with van der Waals surface area (Å²) in [7, 11) is 0. The Labute approximate surface area is 98.6 Å². The third kappa shape index (κ3) is 3.94. The summed E-state index contributed by atoms with van der Waals surface area (Å²) in [6.07, 6.45) is -9.84. The van der Waals surface area contributed by atoms with Crippen LogP contribution in [0.25, 0.3) is 0 Å². The molecule has 0 heterocycles. The molecule has 1 aromatic carbocycles. The van der Waals surface area contributed by atoms with Crippen LogP contribution >= 0.6 is 0 Å². The fourth-order valence-electron chi connectivity index (χ4n) is 1.11. The molecule has 0 aliphatic rings. The van der Waals surface area contributed by atoms with Crippen molar-refractivity contribution >= 4 is 12.1 Å². The maximum absolute atomic E-state index is 12.3. The van der Waals surface area contributed by atoms with Crippen LogP contribution in [-0.2, 0) is 17.1 Å². The van der Waals surface area contributed by atoms with Gasteiger partial charge in [0.25, 0.3) is 0 Å². The van der Waals surface area contributed by atoms with E-state index in [1.807, 2.05) is 0 Å². The number of anilines is 1. The molecule has 102 valence electrons. The van der Waals surface area contributed by atoms with E-state index in [9.17, 15) is 31.1 Å². The molecule has 1 N–H and O–H groups in total. The summed E-state index contributed by atoms with van der Waals surface area (Å²) < 4.78 is 73.8. The van der Waals surface area contributed by atoms with E-state index in [-0.39, 0.29) is 19.9 Å². The average molecular weight is 273 g/mol. The molecule has 1 amide bonds. The van der Waals surface area contributed by atoms with Crippen molar-refractivity contribution in [3.05, 3.63) is 29.3 Å². The first-order valence-corrected chi connectivity index (χ1v) is 4.14. The number of halogens is 6. The first kappa shape index (κ1) is 16.3. The number of hydrogen-bond donors (Lipinski definition) is 1. The molecule has 0 bridgehead atoms. The molecule has 0 aliphatic carbocycles. The lowest BCUT2D eigenvalue weighted by Crippen LogP contribution is -2.12. The number of hydrogen-bond acceptors (Lipinski definition) is 1. The number of benzene rings is 1. The van der Waals surface area contributed by atoms with E-state index in [1.54, 1.807) is 5.32 Å². The standard InChI is InChI=1S/C9H5F6NO.CH4/c10-8(11,12)5-1-6(9(13,14)15)3-7(2-5)16-4-17;/h1-4H,(H,16,17);1H4. The Kier molecular flexibility index (Phi) is 4.77. The molecule has 0 fully saturated rings. The van der Waals surface area contributed by atoms with Crippen LogP contribution in [0.15, 0.2) is 18.2 Å². The summed E-state index contributed by atoms with van der Waals surface area (Å²) >= 11 is 0. The van der Waals surface area contributed by atoms with Gasteiger partial charge in [-0.25, -0.2) is 0 Å². The number of amides is 1. The van der Waals surface area contributed by atoms with Gasteiger partial charge in [0.2, 0.25) is 6.41 Å². The largest absolute Gasteiger partial charge is 0.416 e. The molecule has 0 saturated heterocycles. The van der Waals surface area contributed by atoms with E-state index < -0.39 is 29.2 Å². The van der Waals surface area contributed by atoms with Gasteiger partial charge in [0.1, 0.15) is 0 Å². The van der Waals surface area contributed by atoms with Gasteiger partial charge in [-0.15, -0.1) is 0 Å². The number of rotatable bonds is 2. The summed E-state index contributed by atoms with van der Waals surface area (Å²) in [5.41, 5.74) is -3.52. The van der Waals surface area contributed by atoms with Crippen molar-refractivity contribution in [3.63, 3.8) is 0 Å². The van der Waals surface area contributed by atoms with E-state index in [4.69, 9.17) is 0 Å². The molecule has 2 nitrogen and oxygen atoms in total. The van der Waals surface area contributed by atoms with Crippen LogP contribution in [0.4, 0.5) is 32.0 Å². The molecule has 0 radical (unpaired) electrons. The number of carbonyl (C=O) groups excluding carboxylic acids is 1. The zero-order valence-corrected chi connectivity index (χ0v) is 7.99. The van der Waals surface area contributed by atoms with Crippen molar-refractivity contribution in [3.8, 4) is 0 Å². The molecule has 8 heteroatoms. The Balaban J connectivity index is 0.00000289. The normalized spacial score (nSPS) is 11.7. The molecular weight excluding hydrogens is 264 g/mol. The van der Waals surface area contributed by atoms with Gasteiger partial charge < -0.3 is 5.32 Å². The van der Waals surface area contributed by atoms with Crippen LogP contribution in [0, 0.1) is 0 Å². The van der Waals surface area contributed by atoms with E-state index in [0.29, 0.717) is 12.1 Å². The van der Waals surface area contributed by atoms with Gasteiger partial charge in [-0.3, -0.25) is 4.79 Å². The molecule has 0 aromatic heterocycles. The van der Waals surface area contributed by atoms with Gasteiger partial charge in [0.05, 0.1) is 11.1 Å². The molecule has 1 rings (SSSR count). The Morgan fingerprint density at radius 3 is 1.56 bits per heavy atom. The van der Waals surface area contributed by atoms with Gasteiger partial charge in [0.15, 0.2) is 0 Å². The van der Waals surface area contributed by atoms with Crippen LogP contribution in [0.2, 0.25) is 0 Å². The topological polar surface area (TPSA) is 29.1 Å². The van der Waals surface area contributed by atoms with Crippen molar-refractivity contribution < 1.29 is 31.1 Å². The zero-order chi connectivity index (χ0) is 13.3. The van der Waals surface area contributed by atoms with E-state index >= 15 is 0 Å². The third-order valence-electron chi connectivity index (χ3n) is 1.81. The third-order valence-corrected chi connectivity index (χ3v) is 1.81. The van der Waals surface area contributed by atoms with E-state index in [1.165, 1.54) is 0 Å². The SMILES string of the molecule is C.O=CNc1cc(C(F)(F)F)cc(C(F)(F)F)c1. The van der Waals surface area contributed by atoms with Crippen molar-refractivity contribution in [2.24, 2.45) is 0 Å². The number of alkyl halides is 6. The van der Waals surface area contributed by atoms with Crippen LogP contribution in [0.1, 0.15) is 18.6 Å². The maximum Gasteiger partial charge on any atom is 0.416 e. The van der Waals surface area contributed by atoms with Crippen LogP contribution < -0.4 is 5.32 Å². The molecule has 0 aliphatic heterocycles. The lowest BCUT2D eigenvalue weighted by atomic mass is 10.1. The lowest BCUT2D eigenvalue weighted by molar-refractivity contribution is -0.143. The van der Waals surface area contributed by atoms with Crippen molar-refractivity contribution in [2.45, 2.75) is 19.8 Å². The fraction of sp³-hybridized carbons (Fsp3) is 0.300.